The lowest BCUT2D eigenvalue weighted by atomic mass is 10.1. The zero-order valence-corrected chi connectivity index (χ0v) is 18.6. The smallest absolute Gasteiger partial charge is 0.326 e. The van der Waals surface area contributed by atoms with Crippen LogP contribution in [0.1, 0.15) is 0 Å². The number of pyridine rings is 2. The van der Waals surface area contributed by atoms with Crippen LogP contribution in [-0.4, -0.2) is 59.1 Å². The lowest BCUT2D eigenvalue weighted by Crippen LogP contribution is -2.50. The number of nitrogens with zero attached hydrogens (tertiary/aromatic N) is 4. The second kappa shape index (κ2) is 9.35. The van der Waals surface area contributed by atoms with Crippen molar-refractivity contribution in [2.45, 2.75) is 6.54 Å². The first-order valence-corrected chi connectivity index (χ1v) is 11.2. The van der Waals surface area contributed by atoms with E-state index in [9.17, 15) is 14.4 Å². The van der Waals surface area contributed by atoms with Crippen molar-refractivity contribution in [3.8, 4) is 0 Å². The Labute approximate surface area is 196 Å². The van der Waals surface area contributed by atoms with Gasteiger partial charge in [-0.05, 0) is 36.4 Å². The molecular formula is C26H24N4O4. The number of rotatable bonds is 5. The molecule has 2 aromatic carbocycles. The number of esters is 1. The van der Waals surface area contributed by atoms with Crippen molar-refractivity contribution in [2.75, 3.05) is 37.7 Å². The van der Waals surface area contributed by atoms with Crippen LogP contribution in [0.4, 0.5) is 5.82 Å². The van der Waals surface area contributed by atoms with Crippen LogP contribution in [0, 0.1) is 0 Å². The summed E-state index contributed by atoms with van der Waals surface area (Å²) in [6.07, 6.45) is 1.75. The second-order valence-corrected chi connectivity index (χ2v) is 8.17. The number of ether oxygens (including phenoxy) is 1. The van der Waals surface area contributed by atoms with Gasteiger partial charge in [0.05, 0.1) is 11.0 Å². The van der Waals surface area contributed by atoms with Gasteiger partial charge < -0.3 is 19.1 Å². The van der Waals surface area contributed by atoms with Gasteiger partial charge in [-0.15, -0.1) is 0 Å². The van der Waals surface area contributed by atoms with E-state index < -0.39 is 5.97 Å². The number of amides is 1. The standard InChI is InChI=1S/C26H24N4O4/c31-24(29-15-13-28(14-16-29)23-11-5-6-12-27-23)18-34-25(32)17-30-21-9-3-1-7-19(21)26(33)20-8-2-4-10-22(20)30/h1-12H,13-18H2. The van der Waals surface area contributed by atoms with Crippen molar-refractivity contribution < 1.29 is 14.3 Å². The van der Waals surface area contributed by atoms with E-state index >= 15 is 0 Å². The van der Waals surface area contributed by atoms with Crippen molar-refractivity contribution in [1.82, 2.24) is 14.5 Å². The van der Waals surface area contributed by atoms with Gasteiger partial charge in [-0.25, -0.2) is 4.98 Å². The summed E-state index contributed by atoms with van der Waals surface area (Å²) in [7, 11) is 0. The fourth-order valence-corrected chi connectivity index (χ4v) is 4.38. The van der Waals surface area contributed by atoms with Gasteiger partial charge in [0.1, 0.15) is 12.4 Å². The van der Waals surface area contributed by atoms with Gasteiger partial charge >= 0.3 is 5.97 Å². The summed E-state index contributed by atoms with van der Waals surface area (Å²) in [5.74, 6) is 0.143. The van der Waals surface area contributed by atoms with Crippen LogP contribution in [0.3, 0.4) is 0 Å². The summed E-state index contributed by atoms with van der Waals surface area (Å²) in [5.41, 5.74) is 1.23. The molecule has 172 valence electrons. The molecule has 0 spiro atoms. The summed E-state index contributed by atoms with van der Waals surface area (Å²) in [4.78, 5) is 46.4. The van der Waals surface area contributed by atoms with Crippen LogP contribution in [0.2, 0.25) is 0 Å². The van der Waals surface area contributed by atoms with Crippen LogP contribution in [0.5, 0.6) is 0 Å². The Morgan fingerprint density at radius 1 is 0.824 bits per heavy atom. The van der Waals surface area contributed by atoms with E-state index in [-0.39, 0.29) is 24.5 Å². The van der Waals surface area contributed by atoms with Gasteiger partial charge in [0, 0.05) is 43.1 Å². The van der Waals surface area contributed by atoms with Gasteiger partial charge in [0.2, 0.25) is 0 Å². The molecule has 0 atom stereocenters. The number of carbonyl (C=O) groups is 2. The summed E-state index contributed by atoms with van der Waals surface area (Å²) in [6, 6.07) is 20.1. The number of fused-ring (bicyclic) bond motifs is 2. The first-order valence-electron chi connectivity index (χ1n) is 11.2. The minimum absolute atomic E-state index is 0.0733. The number of carbonyl (C=O) groups excluding carboxylic acids is 2. The number of hydrogen-bond donors (Lipinski definition) is 0. The molecular weight excluding hydrogens is 432 g/mol. The first-order chi connectivity index (χ1) is 16.6. The molecule has 2 aromatic heterocycles. The molecule has 4 aromatic rings. The van der Waals surface area contributed by atoms with Gasteiger partial charge in [-0.2, -0.15) is 0 Å². The highest BCUT2D eigenvalue weighted by molar-refractivity contribution is 5.94. The van der Waals surface area contributed by atoms with Gasteiger partial charge in [0.15, 0.2) is 12.0 Å². The molecule has 0 unspecified atom stereocenters. The largest absolute Gasteiger partial charge is 0.454 e. The molecule has 0 N–H and O–H groups in total. The highest BCUT2D eigenvalue weighted by Gasteiger charge is 2.23. The van der Waals surface area contributed by atoms with E-state index in [0.717, 1.165) is 5.82 Å². The second-order valence-electron chi connectivity index (χ2n) is 8.17. The minimum Gasteiger partial charge on any atom is -0.454 e. The van der Waals surface area contributed by atoms with Crippen LogP contribution < -0.4 is 10.3 Å². The van der Waals surface area contributed by atoms with Crippen LogP contribution >= 0.6 is 0 Å². The summed E-state index contributed by atoms with van der Waals surface area (Å²) in [6.45, 7) is 2.03. The molecule has 1 saturated heterocycles. The molecule has 1 fully saturated rings. The summed E-state index contributed by atoms with van der Waals surface area (Å²) < 4.78 is 7.11. The van der Waals surface area contributed by atoms with Gasteiger partial charge in [0.25, 0.3) is 5.91 Å². The average molecular weight is 457 g/mol. The van der Waals surface area contributed by atoms with Crippen molar-refractivity contribution in [2.24, 2.45) is 0 Å². The molecule has 0 saturated carbocycles. The predicted molar refractivity (Wildman–Crippen MR) is 130 cm³/mol. The third-order valence-corrected chi connectivity index (χ3v) is 6.13. The minimum atomic E-state index is -0.528. The van der Waals surface area contributed by atoms with Crippen molar-refractivity contribution in [3.05, 3.63) is 83.2 Å². The van der Waals surface area contributed by atoms with E-state index in [2.05, 4.69) is 9.88 Å². The zero-order valence-electron chi connectivity index (χ0n) is 18.6. The van der Waals surface area contributed by atoms with Crippen LogP contribution in [-0.2, 0) is 20.9 Å². The Kier molecular flexibility index (Phi) is 5.95. The fraction of sp³-hybridized carbons (Fsp3) is 0.231. The van der Waals surface area contributed by atoms with E-state index in [0.29, 0.717) is 48.0 Å². The Hall–Kier alpha value is -4.20. The number of anilines is 1. The molecule has 0 aliphatic carbocycles. The maximum absolute atomic E-state index is 12.8. The fourth-order valence-electron chi connectivity index (χ4n) is 4.38. The quantitative estimate of drug-likeness (QED) is 0.339. The van der Waals surface area contributed by atoms with Crippen LogP contribution in [0.15, 0.2) is 77.7 Å². The molecule has 8 heteroatoms. The Morgan fingerprint density at radius 3 is 2.06 bits per heavy atom. The maximum atomic E-state index is 12.8. The number of piperazine rings is 1. The van der Waals surface area contributed by atoms with Crippen molar-refractivity contribution in [1.29, 1.82) is 0 Å². The monoisotopic (exact) mass is 456 g/mol. The van der Waals surface area contributed by atoms with E-state index in [1.807, 2.05) is 42.5 Å². The van der Waals surface area contributed by atoms with Gasteiger partial charge in [-0.3, -0.25) is 14.4 Å². The average Bonchev–Trinajstić information content (AvgIpc) is 2.90. The SMILES string of the molecule is O=C(Cn1c2ccccc2c(=O)c2ccccc21)OCC(=O)N1CCN(c2ccccn2)CC1. The number of aromatic nitrogens is 2. The molecule has 1 aliphatic heterocycles. The van der Waals surface area contributed by atoms with Crippen molar-refractivity contribution in [3.63, 3.8) is 0 Å². The summed E-state index contributed by atoms with van der Waals surface area (Å²) in [5, 5.41) is 1.08. The normalized spacial score (nSPS) is 13.9. The first kappa shape index (κ1) is 21.6. The molecule has 3 heterocycles. The third-order valence-electron chi connectivity index (χ3n) is 6.13. The third kappa shape index (κ3) is 4.22. The zero-order chi connectivity index (χ0) is 23.5. The Balaban J connectivity index is 1.24. The topological polar surface area (TPSA) is 84.7 Å². The Bertz CT molecular complexity index is 1350. The van der Waals surface area contributed by atoms with E-state index in [1.165, 1.54) is 0 Å². The molecule has 8 nitrogen and oxygen atoms in total. The van der Waals surface area contributed by atoms with Crippen molar-refractivity contribution >= 4 is 39.5 Å². The lowest BCUT2D eigenvalue weighted by molar-refractivity contribution is -0.152. The van der Waals surface area contributed by atoms with Gasteiger partial charge in [-0.1, -0.05) is 30.3 Å². The highest BCUT2D eigenvalue weighted by atomic mass is 16.5. The molecule has 5 rings (SSSR count). The molecule has 34 heavy (non-hydrogen) atoms. The number of hydrogen-bond acceptors (Lipinski definition) is 6. The van der Waals surface area contributed by atoms with E-state index in [4.69, 9.17) is 4.74 Å². The molecule has 1 aliphatic rings. The number of para-hydroxylation sites is 2. The maximum Gasteiger partial charge on any atom is 0.326 e. The molecule has 0 radical (unpaired) electrons. The Morgan fingerprint density at radius 2 is 1.44 bits per heavy atom. The summed E-state index contributed by atoms with van der Waals surface area (Å²) >= 11 is 0. The molecule has 0 bridgehead atoms. The lowest BCUT2D eigenvalue weighted by Gasteiger charge is -2.35. The predicted octanol–water partition coefficient (Wildman–Crippen LogP) is 2.44. The molecule has 1 amide bonds. The number of benzene rings is 2. The van der Waals surface area contributed by atoms with E-state index in [1.54, 1.807) is 39.9 Å². The van der Waals surface area contributed by atoms with Crippen LogP contribution in [0.25, 0.3) is 21.8 Å². The highest BCUT2D eigenvalue weighted by Crippen LogP contribution is 2.19.